The Morgan fingerprint density at radius 1 is 0.403 bits per heavy atom. The van der Waals surface area contributed by atoms with Crippen molar-refractivity contribution in [3.63, 3.8) is 0 Å². The molecule has 51 nitrogen and oxygen atoms in total. The average molecular weight is 1750 g/mol. The van der Waals surface area contributed by atoms with Crippen molar-refractivity contribution in [3.05, 3.63) is 58.6 Å². The molecule has 682 valence electrons. The summed E-state index contributed by atoms with van der Waals surface area (Å²) >= 11 is 0. The van der Waals surface area contributed by atoms with Crippen molar-refractivity contribution >= 4 is 27.4 Å². The third-order valence-corrected chi connectivity index (χ3v) is 21.2. The molecule has 0 aliphatic carbocycles. The fourth-order valence-electron chi connectivity index (χ4n) is 14.1. The third-order valence-electron chi connectivity index (χ3n) is 20.6. The van der Waals surface area contributed by atoms with Gasteiger partial charge in [0, 0.05) is 6.07 Å². The molecule has 0 aromatic heterocycles. The van der Waals surface area contributed by atoms with Gasteiger partial charge in [-0.2, -0.15) is 0 Å². The number of aliphatic hydroxyl groups is 24. The van der Waals surface area contributed by atoms with Gasteiger partial charge in [-0.1, -0.05) is 24.6 Å². The van der Waals surface area contributed by atoms with Gasteiger partial charge >= 0.3 is 5.97 Å². The van der Waals surface area contributed by atoms with E-state index < -0.39 is 325 Å². The average Bonchev–Trinajstić information content (AvgIpc) is 0.772. The van der Waals surface area contributed by atoms with Crippen LogP contribution in [0.4, 0.5) is 11.4 Å². The van der Waals surface area contributed by atoms with E-state index in [-0.39, 0.29) is 17.1 Å². The summed E-state index contributed by atoms with van der Waals surface area (Å²) in [6, 6.07) is 11.5. The number of aliphatic hydroxyl groups excluding tert-OH is 24. The molecule has 2 aromatic carbocycles. The number of aliphatic carboxylic acids is 1. The van der Waals surface area contributed by atoms with Crippen LogP contribution < -0.4 is 20.9 Å². The zero-order chi connectivity index (χ0) is 87.5. The standard InChI is InChI=1S/C48H80O40.C13H12N2O5S.C6H14N2O2/c49-1-9-33-17(57)25(65)41(73-9)82-34-10(2-50)75-43(27(67)19(34)59)84-36-12(4-52)77-45(29(69)21(36)61)86-38-14(6-54)79-47(31(71)23(38)63)88-40-16(8-56)80-48(32(72)24(40)64)87-39-15(7-55)78-46(30(70)22(39)62)85-37-13(5-53)76-44(28(68)20(37)60)83-35-11(3-51)74-42(81-33)26(66)18(35)58;1-21(18,19)14-12-8-7-10(15(16)17)9-13(12)20-11-5-3-2-4-6-11;7-4-2-1-3-5(8)6(9)10/h9-72H,1-8H2;2-9,14H,1H3;5H,1-4,7-8H2,(H,9,10)/t9-,10-,11-,12-,13-,14-,15-,16-,17-,18-,19-,20-,21-,22-,23-,24-,25-,26-,27-,28-,29-,30-,31-,32-,33-,34-,35-,36-,37-,38-,39-,40-,41-,42-,43-,44-,45-,46-,47-,48-;;5-/m1.0/s1. The molecule has 30 aliphatic heterocycles. The number of nitrogens with zero attached hydrogens (tertiary/aromatic N) is 1. The van der Waals surface area contributed by atoms with Crippen molar-refractivity contribution in [2.24, 2.45) is 11.5 Å². The molecule has 30 N–H and O–H groups in total. The van der Waals surface area contributed by atoms with Crippen LogP contribution in [0.15, 0.2) is 48.5 Å². The zero-order valence-electron chi connectivity index (χ0n) is 62.9. The Morgan fingerprint density at radius 3 is 0.832 bits per heavy atom. The molecular formula is C67H106N4O47S. The number of sulfonamides is 1. The lowest BCUT2D eigenvalue weighted by molar-refractivity contribution is -0.404. The highest BCUT2D eigenvalue weighted by Gasteiger charge is 2.61. The van der Waals surface area contributed by atoms with Crippen LogP contribution in [0.1, 0.15) is 19.3 Å². The summed E-state index contributed by atoms with van der Waals surface area (Å²) in [5.74, 6) is -0.438. The van der Waals surface area contributed by atoms with Crippen LogP contribution in [-0.4, -0.2) is 464 Å². The number of nitro groups is 1. The van der Waals surface area contributed by atoms with E-state index in [1.54, 1.807) is 30.3 Å². The first-order valence-electron chi connectivity index (χ1n) is 37.3. The number of rotatable bonds is 18. The third kappa shape index (κ3) is 23.1. The van der Waals surface area contributed by atoms with Crippen LogP contribution in [0.5, 0.6) is 11.5 Å². The Labute approximate surface area is 674 Å². The maximum atomic E-state index is 11.4. The normalized spacial score (nSPS) is 44.0. The topological polar surface area (TPSA) is 821 Å². The Balaban J connectivity index is 0.000000432. The molecule has 2 aromatic rings. The van der Waals surface area contributed by atoms with Gasteiger partial charge in [0.2, 0.25) is 10.0 Å². The number of unbranched alkanes of at least 4 members (excludes halogenated alkanes) is 1. The number of nitro benzene ring substituents is 1. The molecule has 30 aliphatic rings. The second kappa shape index (κ2) is 43.9. The van der Waals surface area contributed by atoms with Crippen LogP contribution in [0.3, 0.4) is 0 Å². The summed E-state index contributed by atoms with van der Waals surface area (Å²) in [5, 5.41) is 284. The number of para-hydroxylation sites is 1. The largest absolute Gasteiger partial charge is 0.480 e. The van der Waals surface area contributed by atoms with Crippen molar-refractivity contribution in [1.82, 2.24) is 0 Å². The first-order valence-corrected chi connectivity index (χ1v) is 39.2. The summed E-state index contributed by atoms with van der Waals surface area (Å²) < 4.78 is 121. The number of benzene rings is 2. The van der Waals surface area contributed by atoms with Gasteiger partial charge in [0.15, 0.2) is 56.1 Å². The number of nitrogens with two attached hydrogens (primary N) is 2. The maximum Gasteiger partial charge on any atom is 0.320 e. The number of hydrogen-bond acceptors (Lipinski definition) is 48. The summed E-state index contributed by atoms with van der Waals surface area (Å²) in [4.78, 5) is 20.4. The summed E-state index contributed by atoms with van der Waals surface area (Å²) in [5.41, 5.74) is 10.4. The predicted octanol–water partition coefficient (Wildman–Crippen LogP) is -15.1. The molecule has 0 saturated carbocycles. The molecule has 41 atom stereocenters. The fraction of sp³-hybridized carbons (Fsp3) is 0.806. The van der Waals surface area contributed by atoms with Gasteiger partial charge in [0.05, 0.1) is 75.8 Å². The number of carboxylic acid groups (broad SMARTS) is 1. The number of carbonyl (C=O) groups is 1. The summed E-state index contributed by atoms with van der Waals surface area (Å²) in [6.07, 6.45) is -78.8. The molecule has 0 amide bonds. The first kappa shape index (κ1) is 98.0. The maximum absolute atomic E-state index is 11.4. The predicted molar refractivity (Wildman–Crippen MR) is 378 cm³/mol. The van der Waals surface area contributed by atoms with Crippen LogP contribution in [0.25, 0.3) is 0 Å². The van der Waals surface area contributed by atoms with E-state index in [0.717, 1.165) is 19.1 Å². The van der Waals surface area contributed by atoms with E-state index in [9.17, 15) is 146 Å². The first-order chi connectivity index (χ1) is 56.4. The number of non-ortho nitro benzene ring substituents is 1. The van der Waals surface area contributed by atoms with Gasteiger partial charge < -0.3 is 220 Å². The molecule has 119 heavy (non-hydrogen) atoms. The number of carboxylic acids is 1. The Bertz CT molecular complexity index is 3100. The van der Waals surface area contributed by atoms with Gasteiger partial charge in [-0.15, -0.1) is 0 Å². The molecule has 30 saturated heterocycles. The Kier molecular flexibility index (Phi) is 36.1. The lowest BCUT2D eigenvalue weighted by atomic mass is 9.94. The van der Waals surface area contributed by atoms with E-state index in [1.807, 2.05) is 0 Å². The highest BCUT2D eigenvalue weighted by atomic mass is 32.2. The van der Waals surface area contributed by atoms with E-state index in [2.05, 4.69) is 4.72 Å². The van der Waals surface area contributed by atoms with E-state index >= 15 is 0 Å². The Hall–Kier alpha value is -4.82. The molecule has 30 heterocycles. The number of anilines is 1. The van der Waals surface area contributed by atoms with Gasteiger partial charge in [0.1, 0.15) is 207 Å². The monoisotopic (exact) mass is 1750 g/mol. The second-order valence-electron chi connectivity index (χ2n) is 28.9. The highest BCUT2D eigenvalue weighted by molar-refractivity contribution is 7.92. The number of nitrogens with one attached hydrogen (secondary N) is 1. The van der Waals surface area contributed by atoms with E-state index in [1.165, 1.54) is 18.2 Å². The molecule has 0 radical (unpaired) electrons. The van der Waals surface area contributed by atoms with Gasteiger partial charge in [-0.05, 0) is 37.6 Å². The van der Waals surface area contributed by atoms with Crippen molar-refractivity contribution in [2.75, 3.05) is 70.4 Å². The van der Waals surface area contributed by atoms with Crippen LogP contribution in [0.2, 0.25) is 0 Å². The molecular weight excluding hydrogens is 1640 g/mol. The minimum absolute atomic E-state index is 0.0563. The van der Waals surface area contributed by atoms with E-state index in [4.69, 9.17) is 97.1 Å². The Morgan fingerprint density at radius 2 is 0.639 bits per heavy atom. The van der Waals surface area contributed by atoms with Crippen LogP contribution in [0, 0.1) is 10.1 Å². The van der Waals surface area contributed by atoms with Gasteiger partial charge in [-0.25, -0.2) is 8.42 Å². The van der Waals surface area contributed by atoms with Gasteiger partial charge in [-0.3, -0.25) is 19.6 Å². The molecule has 0 unspecified atom stereocenters. The van der Waals surface area contributed by atoms with Crippen molar-refractivity contribution in [2.45, 2.75) is 271 Å². The minimum Gasteiger partial charge on any atom is -0.480 e. The van der Waals surface area contributed by atoms with E-state index in [0.29, 0.717) is 18.7 Å². The highest BCUT2D eigenvalue weighted by Crippen LogP contribution is 2.41. The molecule has 52 heteroatoms. The van der Waals surface area contributed by atoms with Crippen molar-refractivity contribution in [1.29, 1.82) is 0 Å². The molecule has 16 bridgehead atoms. The smallest absolute Gasteiger partial charge is 0.320 e. The SMILES string of the molecule is CS(=O)(=O)Nc1ccc([N+](=O)[O-])cc1Oc1ccccc1.NCCCC[C@H](N)C(=O)O.OC[C@H]1O[C@@H]2O[C@H]3[C@H](O)[C@@H](O)[C@@H](O[C@H]4[C@H](O)[C@@H](O)[C@@H](O[C@H]5[C@H](O)[C@@H](O)[C@@H](O[C@H]6[C@H](O)[C@@H](O)[C@@H](O[C@H]7[C@H](O)[C@@H](O)[C@@H](O[C@H]8[C@H](O)[C@@H](O)[C@@H](O[C@H]9[C@H](O)[C@@H](O)[C@@H](O[C@H]1[C@H](O)[C@H]2O)O[C@@H]9CO)O[C@@H]8CO)O[C@@H]7CO)O[C@@H]6CO)O[C@@H]5CO)O[C@@H]4CO)O[C@@H]3CO. The molecule has 30 fully saturated rings. The quantitative estimate of drug-likeness (QED) is 0.0374. The number of ether oxygens (including phenoxy) is 17. The molecule has 0 spiro atoms. The van der Waals surface area contributed by atoms with Crippen LogP contribution >= 0.6 is 0 Å². The van der Waals surface area contributed by atoms with Crippen LogP contribution in [-0.2, 0) is 90.6 Å². The summed E-state index contributed by atoms with van der Waals surface area (Å²) in [6.45, 7) is -8.04. The minimum atomic E-state index is -3.52. The summed E-state index contributed by atoms with van der Waals surface area (Å²) in [7, 11) is -3.52. The lowest BCUT2D eigenvalue weighted by Crippen LogP contribution is -2.69. The van der Waals surface area contributed by atoms with Crippen molar-refractivity contribution in [3.8, 4) is 11.5 Å². The van der Waals surface area contributed by atoms with Crippen molar-refractivity contribution < 1.29 is 226 Å². The second-order valence-corrected chi connectivity index (χ2v) is 30.7. The molecule has 32 rings (SSSR count). The fourth-order valence-corrected chi connectivity index (χ4v) is 14.7. The number of hydrogen-bond donors (Lipinski definition) is 28. The van der Waals surface area contributed by atoms with Gasteiger partial charge in [0.25, 0.3) is 5.69 Å². The lowest BCUT2D eigenvalue weighted by Gasteiger charge is -2.50. The zero-order valence-corrected chi connectivity index (χ0v) is 63.8.